The number of nitrogens with zero attached hydrogens (tertiary/aromatic N) is 16. The van der Waals surface area contributed by atoms with E-state index < -0.39 is 96.6 Å². The molecule has 2 unspecified atom stereocenters. The number of sulfonamides is 2. The van der Waals surface area contributed by atoms with Gasteiger partial charge < -0.3 is 38.9 Å². The van der Waals surface area contributed by atoms with Crippen LogP contribution in [-0.4, -0.2) is 87.5 Å². The van der Waals surface area contributed by atoms with Gasteiger partial charge >= 0.3 is 105 Å². The molecule has 526 valence electrons. The first-order chi connectivity index (χ1) is 48.4. The minimum absolute atomic E-state index is 0. The van der Waals surface area contributed by atoms with Gasteiger partial charge in [-0.2, -0.15) is 50.9 Å². The Labute approximate surface area is 680 Å². The second-order valence-corrected chi connectivity index (χ2v) is 28.0. The number of anilines is 4. The average Bonchev–Trinajstić information content (AvgIpc) is 1.59. The summed E-state index contributed by atoms with van der Waals surface area (Å²) in [4.78, 5) is 50.2. The van der Waals surface area contributed by atoms with Crippen LogP contribution in [0.1, 0.15) is 25.2 Å². The van der Waals surface area contributed by atoms with Crippen LogP contribution in [0, 0.1) is 13.8 Å². The van der Waals surface area contributed by atoms with E-state index in [0.717, 1.165) is 80.0 Å². The molecular weight excluding hydrogens is 1530 g/mol. The summed E-state index contributed by atoms with van der Waals surface area (Å²) >= 11 is 0. The zero-order chi connectivity index (χ0) is 73.0. The van der Waals surface area contributed by atoms with Crippen LogP contribution in [0.5, 0.6) is 11.5 Å². The summed E-state index contributed by atoms with van der Waals surface area (Å²) in [7, 11) is -17.8. The monoisotopic (exact) mass is 1580 g/mol. The topological polar surface area (TPSA) is 489 Å². The van der Waals surface area contributed by atoms with E-state index in [1.54, 1.807) is 88.4 Å². The van der Waals surface area contributed by atoms with E-state index in [2.05, 4.69) is 70.8 Å². The Morgan fingerprint density at radius 1 is 0.406 bits per heavy atom. The van der Waals surface area contributed by atoms with Crippen LogP contribution in [0.4, 0.5) is 56.9 Å². The fourth-order valence-electron chi connectivity index (χ4n) is 9.53. The van der Waals surface area contributed by atoms with Gasteiger partial charge in [-0.15, -0.1) is 21.6 Å². The second kappa shape index (κ2) is 35.1. The summed E-state index contributed by atoms with van der Waals surface area (Å²) in [6.07, 6.45) is 0. The van der Waals surface area contributed by atoms with Crippen molar-refractivity contribution in [3.05, 3.63) is 226 Å². The minimum atomic E-state index is -4.66. The number of nitrogens with one attached hydrogen (secondary N) is 2. The number of carbonyl (C=O) groups is 2. The van der Waals surface area contributed by atoms with Crippen molar-refractivity contribution in [1.82, 2.24) is 19.6 Å². The van der Waals surface area contributed by atoms with Gasteiger partial charge in [0.25, 0.3) is 43.0 Å². The summed E-state index contributed by atoms with van der Waals surface area (Å²) in [5, 5.41) is 75.6. The van der Waals surface area contributed by atoms with Crippen molar-refractivity contribution < 1.29 is 168 Å². The normalized spacial score (nSPS) is 14.6. The molecule has 4 heterocycles. The molecule has 12 rings (SSSR count). The predicted molar refractivity (Wildman–Crippen MR) is 361 cm³/mol. The van der Waals surface area contributed by atoms with Crippen LogP contribution >= 0.6 is 0 Å². The van der Waals surface area contributed by atoms with Crippen molar-refractivity contribution in [2.75, 3.05) is 19.5 Å². The first-order valence-corrected chi connectivity index (χ1v) is 35.3. The molecule has 42 heteroatoms. The molecule has 2 aliphatic heterocycles. The number of aromatic nitrogens is 4. The quantitative estimate of drug-likeness (QED) is 0.0544. The van der Waals surface area contributed by atoms with E-state index >= 15 is 0 Å². The second-order valence-electron chi connectivity index (χ2n) is 21.9. The number of hydrogen-bond acceptors (Lipinski definition) is 26. The predicted octanol–water partition coefficient (Wildman–Crippen LogP) is -0.646. The molecule has 0 bridgehead atoms. The first-order valence-electron chi connectivity index (χ1n) is 29.5. The van der Waals surface area contributed by atoms with Gasteiger partial charge in [0, 0.05) is 22.7 Å². The molecule has 106 heavy (non-hydrogen) atoms. The molecule has 0 saturated carbocycles. The SMILES string of the molecule is CC1=NN(c2ccc(S(=O)(=O)[O-])cc2)C(=O)C1N=Nc1ccc(NS(=O)(=O)c2ccc([O-])c(N=Nc3c(C)[n-]n(-c4ccccc4)c3=O)c2)cc1.CC1=NN(c2ccc(S(=O)(=O)[O-])cc2)C(=O)C1N=Nc1ccc(NS(=O)(=O)c2ccc([O-])c(N=Nc3c(C)[n-]n(-c4ccccc4)c3=O)c2)cc1.[Co+3].[Na+].[Na+].[Na+]. The molecule has 2 N–H and O–H groups in total. The molecule has 0 aliphatic carbocycles. The van der Waals surface area contributed by atoms with Gasteiger partial charge in [0.1, 0.15) is 31.6 Å². The standard InChI is InChI=1S/2C32H27N9O8S2.Co.3Na/c2*1-19-29(31(43)41(38-19)24-12-14-25(15-13-24)51(47,48)49)35-33-21-8-10-22(11-9-21)39-50(45,46)26-16-17-28(42)27(18-26)34-36-30-20(2)37-40(32(30)44)23-6-4-3-5-7-23;;;;/h2*3-18,29H,1-2H3,(H4,33,34,35,36,37,39,42,44,47,48,49);;;;/q;;+3;3*+1/p-6. The summed E-state index contributed by atoms with van der Waals surface area (Å²) in [5.41, 5.74) is 1.50. The van der Waals surface area contributed by atoms with E-state index in [1.807, 2.05) is 0 Å². The number of hydrazone groups is 2. The number of para-hydroxylation sites is 2. The smallest absolute Gasteiger partial charge is 0.871 e. The maximum Gasteiger partial charge on any atom is 3.00 e. The van der Waals surface area contributed by atoms with E-state index in [4.69, 9.17) is 0 Å². The largest absolute Gasteiger partial charge is 3.00 e. The molecule has 10 aromatic rings. The fourth-order valence-corrected chi connectivity index (χ4v) is 12.6. The minimum Gasteiger partial charge on any atom is -0.871 e. The molecule has 2 aromatic heterocycles. The van der Waals surface area contributed by atoms with Crippen LogP contribution < -0.4 is 140 Å². The summed E-state index contributed by atoms with van der Waals surface area (Å²) < 4.78 is 127. The van der Waals surface area contributed by atoms with Crippen molar-refractivity contribution in [1.29, 1.82) is 0 Å². The molecule has 34 nitrogen and oxygen atoms in total. The Morgan fingerprint density at radius 2 is 0.726 bits per heavy atom. The molecule has 0 radical (unpaired) electrons. The summed E-state index contributed by atoms with van der Waals surface area (Å²) in [6.45, 7) is 6.23. The molecular formula is C64H48CoN18Na3O16S4. The van der Waals surface area contributed by atoms with Gasteiger partial charge in [0.15, 0.2) is 12.1 Å². The Kier molecular flexibility index (Phi) is 27.8. The van der Waals surface area contributed by atoms with Gasteiger partial charge in [-0.1, -0.05) is 73.9 Å². The van der Waals surface area contributed by atoms with Crippen LogP contribution in [0.3, 0.4) is 0 Å². The fraction of sp³-hybridized carbons (Fsp3) is 0.0938. The molecule has 0 spiro atoms. The number of benzene rings is 8. The molecule has 8 aromatic carbocycles. The van der Waals surface area contributed by atoms with E-state index in [1.165, 1.54) is 72.8 Å². The number of aryl methyl sites for hydroxylation is 2. The van der Waals surface area contributed by atoms with Crippen LogP contribution in [0.2, 0.25) is 0 Å². The summed E-state index contributed by atoms with van der Waals surface area (Å²) in [5.74, 6) is -2.37. The Balaban J connectivity index is 0.000000285. The molecule has 0 fully saturated rings. The average molecular weight is 1580 g/mol. The van der Waals surface area contributed by atoms with E-state index in [9.17, 15) is 72.2 Å². The number of azo groups is 4. The van der Waals surface area contributed by atoms with Crippen LogP contribution in [-0.2, 0) is 66.7 Å². The van der Waals surface area contributed by atoms with Crippen molar-refractivity contribution in [2.24, 2.45) is 51.1 Å². The van der Waals surface area contributed by atoms with Crippen molar-refractivity contribution in [3.8, 4) is 22.9 Å². The first kappa shape index (κ1) is 84.2. The molecule has 2 amide bonds. The number of rotatable bonds is 20. The van der Waals surface area contributed by atoms with Gasteiger partial charge in [-0.3, -0.25) is 28.6 Å². The van der Waals surface area contributed by atoms with E-state index in [-0.39, 0.29) is 184 Å². The molecule has 2 atom stereocenters. The Hall–Kier alpha value is -9.11. The van der Waals surface area contributed by atoms with Gasteiger partial charge in [0.2, 0.25) is 0 Å². The number of hydrogen-bond donors (Lipinski definition) is 2. The third-order valence-electron chi connectivity index (χ3n) is 14.7. The number of amides is 2. The zero-order valence-corrected chi connectivity index (χ0v) is 66.6. The molecule has 2 aliphatic rings. The van der Waals surface area contributed by atoms with Crippen molar-refractivity contribution >= 4 is 120 Å². The Morgan fingerprint density at radius 3 is 1.05 bits per heavy atom. The van der Waals surface area contributed by atoms with Crippen LogP contribution in [0.15, 0.2) is 274 Å². The maximum atomic E-state index is 13.2. The van der Waals surface area contributed by atoms with Gasteiger partial charge in [0.05, 0.1) is 65.1 Å². The third-order valence-corrected chi connectivity index (χ3v) is 19.2. The maximum absolute atomic E-state index is 13.2. The van der Waals surface area contributed by atoms with Gasteiger partial charge in [-0.25, -0.2) is 33.7 Å². The third kappa shape index (κ3) is 19.5. The Bertz CT molecular complexity index is 5410. The van der Waals surface area contributed by atoms with Crippen molar-refractivity contribution in [2.45, 2.75) is 59.4 Å². The van der Waals surface area contributed by atoms with E-state index in [0.29, 0.717) is 22.8 Å². The van der Waals surface area contributed by atoms with Crippen LogP contribution in [0.25, 0.3) is 11.4 Å². The van der Waals surface area contributed by atoms with Crippen molar-refractivity contribution in [3.63, 3.8) is 0 Å². The molecule has 0 saturated heterocycles. The van der Waals surface area contributed by atoms with Gasteiger partial charge in [-0.05, 0) is 159 Å². The summed E-state index contributed by atoms with van der Waals surface area (Å²) in [6, 6.07) is 42.2. The number of carbonyl (C=O) groups excluding carboxylic acids is 2. The zero-order valence-electron chi connectivity index (χ0n) is 56.3.